The minimum absolute atomic E-state index is 0.110. The zero-order valence-electron chi connectivity index (χ0n) is 17.1. The maximum Gasteiger partial charge on any atom is 0.291 e. The van der Waals surface area contributed by atoms with Gasteiger partial charge in [0.1, 0.15) is 23.6 Å². The highest BCUT2D eigenvalue weighted by Crippen LogP contribution is 2.18. The number of carbonyl (C=O) groups is 1. The van der Waals surface area contributed by atoms with Crippen molar-refractivity contribution in [3.63, 3.8) is 0 Å². The molecule has 0 aliphatic rings. The summed E-state index contributed by atoms with van der Waals surface area (Å²) in [6, 6.07) is 17.4. The van der Waals surface area contributed by atoms with Gasteiger partial charge in [0.2, 0.25) is 5.91 Å². The second-order valence-corrected chi connectivity index (χ2v) is 7.11. The van der Waals surface area contributed by atoms with Gasteiger partial charge in [-0.1, -0.05) is 30.3 Å². The summed E-state index contributed by atoms with van der Waals surface area (Å²) in [6.45, 7) is 4.78. The summed E-state index contributed by atoms with van der Waals surface area (Å²) in [5, 5.41) is 8.18. The van der Waals surface area contributed by atoms with E-state index in [2.05, 4.69) is 10.4 Å². The van der Waals surface area contributed by atoms with Crippen LogP contribution in [0, 0.1) is 6.92 Å². The Balaban J connectivity index is 1.43. The first kappa shape index (κ1) is 19.7. The van der Waals surface area contributed by atoms with Gasteiger partial charge >= 0.3 is 0 Å². The van der Waals surface area contributed by atoms with Gasteiger partial charge in [-0.15, -0.1) is 0 Å². The largest absolute Gasteiger partial charge is 0.494 e. The summed E-state index contributed by atoms with van der Waals surface area (Å²) >= 11 is 0. The average Bonchev–Trinajstić information content (AvgIpc) is 3.14. The fourth-order valence-corrected chi connectivity index (χ4v) is 3.62. The van der Waals surface area contributed by atoms with Crippen molar-refractivity contribution in [3.8, 4) is 5.75 Å². The molecule has 0 saturated heterocycles. The molecule has 1 amide bonds. The van der Waals surface area contributed by atoms with Gasteiger partial charge in [0.05, 0.1) is 12.1 Å². The molecule has 154 valence electrons. The van der Waals surface area contributed by atoms with Crippen LogP contribution in [0.1, 0.15) is 18.3 Å². The van der Waals surface area contributed by atoms with Gasteiger partial charge in [0.25, 0.3) is 5.56 Å². The van der Waals surface area contributed by atoms with Gasteiger partial charge < -0.3 is 10.1 Å². The average molecular weight is 404 g/mol. The molecule has 30 heavy (non-hydrogen) atoms. The first-order chi connectivity index (χ1) is 14.6. The molecule has 2 heterocycles. The lowest BCUT2D eigenvalue weighted by molar-refractivity contribution is -0.121. The molecule has 0 atom stereocenters. The summed E-state index contributed by atoms with van der Waals surface area (Å²) in [7, 11) is 0. The summed E-state index contributed by atoms with van der Waals surface area (Å²) < 4.78 is 8.49. The topological polar surface area (TPSA) is 77.6 Å². The van der Waals surface area contributed by atoms with E-state index in [-0.39, 0.29) is 18.0 Å². The molecule has 0 bridgehead atoms. The first-order valence-corrected chi connectivity index (χ1v) is 10.0. The Bertz CT molecular complexity index is 1260. The number of aryl methyl sites for hydroxylation is 1. The molecular weight excluding hydrogens is 380 g/mol. The lowest BCUT2D eigenvalue weighted by Gasteiger charge is -2.10. The third kappa shape index (κ3) is 3.91. The molecule has 7 heteroatoms. The zero-order valence-corrected chi connectivity index (χ0v) is 17.1. The zero-order chi connectivity index (χ0) is 21.1. The van der Waals surface area contributed by atoms with Crippen LogP contribution < -0.4 is 15.6 Å². The normalized spacial score (nSPS) is 11.1. The number of ether oxygens (including phenoxy) is 1. The minimum Gasteiger partial charge on any atom is -0.494 e. The number of fused-ring (bicyclic) bond motifs is 3. The van der Waals surface area contributed by atoms with Gasteiger partial charge in [0.15, 0.2) is 0 Å². The molecule has 7 nitrogen and oxygen atoms in total. The Kier molecular flexibility index (Phi) is 5.52. The van der Waals surface area contributed by atoms with Crippen molar-refractivity contribution in [1.82, 2.24) is 19.5 Å². The molecule has 2 aromatic heterocycles. The second-order valence-electron chi connectivity index (χ2n) is 7.11. The molecular formula is C23H24N4O3. The van der Waals surface area contributed by atoms with Gasteiger partial charge in [0, 0.05) is 11.9 Å². The molecule has 4 aromatic rings. The molecule has 4 rings (SSSR count). The van der Waals surface area contributed by atoms with Gasteiger partial charge in [-0.05, 0) is 50.1 Å². The van der Waals surface area contributed by atoms with Crippen molar-refractivity contribution in [2.45, 2.75) is 26.8 Å². The van der Waals surface area contributed by atoms with Crippen LogP contribution in [-0.2, 0) is 17.8 Å². The Hall–Kier alpha value is -3.61. The van der Waals surface area contributed by atoms with Crippen molar-refractivity contribution in [3.05, 3.63) is 76.3 Å². The standard InChI is InChI=1S/C23H24N4O3/c1-3-30-19-10-8-17(9-11-19)12-13-24-22(28)15-26-23(29)21-14-18-6-4-5-7-20(18)27(21)16(2)25-26/h4-11,14H,3,12-13,15H2,1-2H3,(H,24,28). The smallest absolute Gasteiger partial charge is 0.291 e. The van der Waals surface area contributed by atoms with E-state index in [9.17, 15) is 9.59 Å². The van der Waals surface area contributed by atoms with E-state index in [4.69, 9.17) is 4.74 Å². The molecule has 2 aromatic carbocycles. The molecule has 0 unspecified atom stereocenters. The monoisotopic (exact) mass is 404 g/mol. The number of rotatable bonds is 7. The van der Waals surface area contributed by atoms with E-state index < -0.39 is 0 Å². The van der Waals surface area contributed by atoms with E-state index in [1.807, 2.05) is 72.8 Å². The lowest BCUT2D eigenvalue weighted by atomic mass is 10.1. The number of carbonyl (C=O) groups excluding carboxylic acids is 1. The highest BCUT2D eigenvalue weighted by atomic mass is 16.5. The summed E-state index contributed by atoms with van der Waals surface area (Å²) in [5.41, 5.74) is 2.28. The first-order valence-electron chi connectivity index (χ1n) is 10.0. The van der Waals surface area contributed by atoms with Crippen LogP contribution in [0.4, 0.5) is 0 Å². The maximum atomic E-state index is 12.9. The molecule has 0 fully saturated rings. The maximum absolute atomic E-state index is 12.9. The lowest BCUT2D eigenvalue weighted by Crippen LogP contribution is -2.35. The summed E-state index contributed by atoms with van der Waals surface area (Å²) in [6.07, 6.45) is 0.697. The number of para-hydroxylation sites is 1. The quantitative estimate of drug-likeness (QED) is 0.514. The fourth-order valence-electron chi connectivity index (χ4n) is 3.62. The van der Waals surface area contributed by atoms with E-state index in [1.54, 1.807) is 0 Å². The van der Waals surface area contributed by atoms with E-state index in [1.165, 1.54) is 4.68 Å². The Labute approximate surface area is 173 Å². The van der Waals surface area contributed by atoms with Crippen LogP contribution in [0.2, 0.25) is 0 Å². The summed E-state index contributed by atoms with van der Waals surface area (Å²) in [5.74, 6) is 1.25. The number of benzene rings is 2. The molecule has 0 spiro atoms. The van der Waals surface area contributed by atoms with Crippen LogP contribution in [0.15, 0.2) is 59.4 Å². The van der Waals surface area contributed by atoms with Gasteiger partial charge in [-0.3, -0.25) is 14.0 Å². The highest BCUT2D eigenvalue weighted by Gasteiger charge is 2.13. The number of hydrogen-bond donors (Lipinski definition) is 1. The van der Waals surface area contributed by atoms with Crippen molar-refractivity contribution < 1.29 is 9.53 Å². The van der Waals surface area contributed by atoms with E-state index in [0.29, 0.717) is 30.9 Å². The minimum atomic E-state index is -0.279. The Morgan fingerprint density at radius 1 is 1.10 bits per heavy atom. The third-order valence-corrected chi connectivity index (χ3v) is 5.02. The van der Waals surface area contributed by atoms with Crippen LogP contribution in [0.3, 0.4) is 0 Å². The van der Waals surface area contributed by atoms with Crippen molar-refractivity contribution in [1.29, 1.82) is 0 Å². The van der Waals surface area contributed by atoms with Crippen LogP contribution in [-0.4, -0.2) is 33.2 Å². The second kappa shape index (κ2) is 8.41. The van der Waals surface area contributed by atoms with Crippen molar-refractivity contribution >= 4 is 22.3 Å². The van der Waals surface area contributed by atoms with Crippen molar-refractivity contribution in [2.24, 2.45) is 0 Å². The molecule has 0 aliphatic heterocycles. The number of amides is 1. The third-order valence-electron chi connectivity index (χ3n) is 5.02. The number of nitrogens with one attached hydrogen (secondary N) is 1. The Morgan fingerprint density at radius 2 is 1.87 bits per heavy atom. The van der Waals surface area contributed by atoms with E-state index in [0.717, 1.165) is 22.2 Å². The van der Waals surface area contributed by atoms with Crippen LogP contribution >= 0.6 is 0 Å². The fraction of sp³-hybridized carbons (Fsp3) is 0.261. The van der Waals surface area contributed by atoms with Gasteiger partial charge in [-0.25, -0.2) is 4.68 Å². The molecule has 0 aliphatic carbocycles. The molecule has 0 saturated carbocycles. The molecule has 0 radical (unpaired) electrons. The number of nitrogens with zero attached hydrogens (tertiary/aromatic N) is 3. The number of hydrogen-bond acceptors (Lipinski definition) is 4. The SMILES string of the molecule is CCOc1ccc(CCNC(=O)Cn2nc(C)n3c(cc4ccccc43)c2=O)cc1. The van der Waals surface area contributed by atoms with Crippen molar-refractivity contribution in [2.75, 3.05) is 13.2 Å². The predicted molar refractivity (Wildman–Crippen MR) is 116 cm³/mol. The predicted octanol–water partition coefficient (Wildman–Crippen LogP) is 2.72. The van der Waals surface area contributed by atoms with E-state index >= 15 is 0 Å². The van der Waals surface area contributed by atoms with Gasteiger partial charge in [-0.2, -0.15) is 5.10 Å². The highest BCUT2D eigenvalue weighted by molar-refractivity contribution is 5.87. The summed E-state index contributed by atoms with van der Waals surface area (Å²) in [4.78, 5) is 25.2. The number of aromatic nitrogens is 3. The molecule has 1 N–H and O–H groups in total. The van der Waals surface area contributed by atoms with Crippen LogP contribution in [0.25, 0.3) is 16.4 Å². The van der Waals surface area contributed by atoms with Crippen LogP contribution in [0.5, 0.6) is 5.75 Å². The Morgan fingerprint density at radius 3 is 2.63 bits per heavy atom.